The second-order valence-electron chi connectivity index (χ2n) is 7.67. The van der Waals surface area contributed by atoms with E-state index in [4.69, 9.17) is 16.3 Å². The quantitative estimate of drug-likeness (QED) is 0.817. The van der Waals surface area contributed by atoms with Crippen LogP contribution in [0.3, 0.4) is 0 Å². The van der Waals surface area contributed by atoms with Gasteiger partial charge in [-0.15, -0.1) is 10.2 Å². The minimum atomic E-state index is -0.133. The molecule has 0 saturated carbocycles. The Morgan fingerprint density at radius 3 is 2.13 bits per heavy atom. The number of nitrogens with zero attached hydrogens (tertiary/aromatic N) is 2. The number of hydrogen-bond donors (Lipinski definition) is 1. The van der Waals surface area contributed by atoms with Crippen molar-refractivity contribution >= 4 is 11.6 Å². The van der Waals surface area contributed by atoms with Crippen LogP contribution in [0.5, 0.6) is 17.4 Å². The summed E-state index contributed by atoms with van der Waals surface area (Å²) in [6.45, 7) is 12.8. The Morgan fingerprint density at radius 2 is 1.61 bits per heavy atom. The molecule has 1 aromatic carbocycles. The zero-order valence-electron chi connectivity index (χ0n) is 14.4. The van der Waals surface area contributed by atoms with Crippen LogP contribution in [0, 0.1) is 0 Å². The van der Waals surface area contributed by atoms with Crippen LogP contribution in [0.4, 0.5) is 0 Å². The molecule has 0 unspecified atom stereocenters. The molecule has 2 aromatic rings. The Morgan fingerprint density at radius 1 is 0.957 bits per heavy atom. The molecule has 23 heavy (non-hydrogen) atoms. The molecular weight excluding hydrogens is 312 g/mol. The maximum atomic E-state index is 9.96. The molecule has 0 aliphatic heterocycles. The van der Waals surface area contributed by atoms with E-state index >= 15 is 0 Å². The predicted octanol–water partition coefficient (Wildman–Crippen LogP) is 5.22. The van der Waals surface area contributed by atoms with E-state index in [1.165, 1.54) is 6.07 Å². The summed E-state index contributed by atoms with van der Waals surface area (Å²) in [4.78, 5) is 0. The van der Waals surface area contributed by atoms with Crippen LogP contribution >= 0.6 is 11.6 Å². The van der Waals surface area contributed by atoms with Crippen molar-refractivity contribution in [3.05, 3.63) is 40.5 Å². The normalized spacial score (nSPS) is 12.3. The Bertz CT molecular complexity index is 716. The van der Waals surface area contributed by atoms with E-state index in [0.717, 1.165) is 11.1 Å². The van der Waals surface area contributed by atoms with Crippen molar-refractivity contribution in [2.75, 3.05) is 0 Å². The van der Waals surface area contributed by atoms with Crippen molar-refractivity contribution in [1.29, 1.82) is 0 Å². The van der Waals surface area contributed by atoms with Gasteiger partial charge in [-0.25, -0.2) is 0 Å². The molecule has 1 aromatic heterocycles. The van der Waals surface area contributed by atoms with Crippen LogP contribution in [0.15, 0.2) is 24.3 Å². The number of ether oxygens (including phenoxy) is 1. The molecule has 5 heteroatoms. The smallest absolute Gasteiger partial charge is 0.281 e. The van der Waals surface area contributed by atoms with E-state index in [0.29, 0.717) is 5.75 Å². The third kappa shape index (κ3) is 4.14. The minimum Gasteiger partial charge on any atom is -0.503 e. The summed E-state index contributed by atoms with van der Waals surface area (Å²) in [6.07, 6.45) is 0. The molecule has 0 atom stereocenters. The fourth-order valence-electron chi connectivity index (χ4n) is 2.22. The Kier molecular flexibility index (Phi) is 4.58. The van der Waals surface area contributed by atoms with Crippen molar-refractivity contribution in [3.8, 4) is 17.4 Å². The van der Waals surface area contributed by atoms with Crippen LogP contribution in [0.2, 0.25) is 5.15 Å². The highest BCUT2D eigenvalue weighted by Crippen LogP contribution is 2.39. The van der Waals surface area contributed by atoms with Crippen LogP contribution in [0.1, 0.15) is 52.7 Å². The average Bonchev–Trinajstić information content (AvgIpc) is 2.39. The molecule has 0 radical (unpaired) electrons. The van der Waals surface area contributed by atoms with Crippen molar-refractivity contribution in [3.63, 3.8) is 0 Å². The van der Waals surface area contributed by atoms with E-state index in [1.54, 1.807) is 0 Å². The predicted molar refractivity (Wildman–Crippen MR) is 92.6 cm³/mol. The Balaban J connectivity index is 2.53. The van der Waals surface area contributed by atoms with Gasteiger partial charge >= 0.3 is 0 Å². The summed E-state index contributed by atoms with van der Waals surface area (Å²) in [6, 6.07) is 7.49. The first-order valence-corrected chi connectivity index (χ1v) is 7.91. The molecule has 0 saturated heterocycles. The molecule has 0 amide bonds. The summed E-state index contributed by atoms with van der Waals surface area (Å²) >= 11 is 5.72. The highest BCUT2D eigenvalue weighted by molar-refractivity contribution is 6.29. The van der Waals surface area contributed by atoms with Crippen molar-refractivity contribution in [2.24, 2.45) is 0 Å². The van der Waals surface area contributed by atoms with E-state index in [9.17, 15) is 5.11 Å². The van der Waals surface area contributed by atoms with Gasteiger partial charge in [0.25, 0.3) is 5.88 Å². The first-order valence-electron chi connectivity index (χ1n) is 7.53. The first-order chi connectivity index (χ1) is 10.5. The molecule has 0 aliphatic carbocycles. The zero-order chi connectivity index (χ0) is 17.4. The first kappa shape index (κ1) is 17.5. The van der Waals surface area contributed by atoms with Gasteiger partial charge in [0.1, 0.15) is 5.75 Å². The highest BCUT2D eigenvalue weighted by atomic mass is 35.5. The Labute approximate surface area is 142 Å². The lowest BCUT2D eigenvalue weighted by atomic mass is 9.81. The number of hydrogen-bond acceptors (Lipinski definition) is 4. The van der Waals surface area contributed by atoms with Gasteiger partial charge in [0.2, 0.25) is 0 Å². The number of benzene rings is 1. The minimum absolute atomic E-state index is 0.0117. The van der Waals surface area contributed by atoms with Crippen LogP contribution in [-0.4, -0.2) is 15.3 Å². The van der Waals surface area contributed by atoms with Gasteiger partial charge < -0.3 is 9.84 Å². The Hall–Kier alpha value is -1.81. The lowest BCUT2D eigenvalue weighted by Gasteiger charge is -2.26. The second kappa shape index (κ2) is 6.00. The molecule has 0 fully saturated rings. The van der Waals surface area contributed by atoms with Crippen molar-refractivity contribution in [2.45, 2.75) is 52.4 Å². The molecule has 1 heterocycles. The summed E-state index contributed by atoms with van der Waals surface area (Å²) in [5.41, 5.74) is 2.05. The van der Waals surface area contributed by atoms with Crippen molar-refractivity contribution in [1.82, 2.24) is 10.2 Å². The fraction of sp³-hybridized carbons (Fsp3) is 0.444. The molecule has 0 bridgehead atoms. The van der Waals surface area contributed by atoms with Gasteiger partial charge in [0.05, 0.1) is 0 Å². The fourth-order valence-corrected chi connectivity index (χ4v) is 2.36. The zero-order valence-corrected chi connectivity index (χ0v) is 15.2. The molecule has 0 aliphatic rings. The van der Waals surface area contributed by atoms with E-state index in [-0.39, 0.29) is 27.6 Å². The number of aromatic nitrogens is 2. The molecule has 4 nitrogen and oxygen atoms in total. The topological polar surface area (TPSA) is 55.2 Å². The maximum Gasteiger partial charge on any atom is 0.281 e. The highest BCUT2D eigenvalue weighted by Gasteiger charge is 2.23. The van der Waals surface area contributed by atoms with Crippen molar-refractivity contribution < 1.29 is 9.84 Å². The SMILES string of the molecule is CC(C)(C)c1ccc(C(C)(C)C)c(Oc2nnc(Cl)cc2O)c1. The van der Waals surface area contributed by atoms with Gasteiger partial charge in [-0.3, -0.25) is 0 Å². The van der Waals surface area contributed by atoms with Crippen LogP contribution in [0.25, 0.3) is 0 Å². The molecule has 1 N–H and O–H groups in total. The monoisotopic (exact) mass is 334 g/mol. The lowest BCUT2D eigenvalue weighted by Crippen LogP contribution is -2.16. The maximum absolute atomic E-state index is 9.96. The largest absolute Gasteiger partial charge is 0.503 e. The van der Waals surface area contributed by atoms with Gasteiger partial charge in [0, 0.05) is 11.6 Å². The van der Waals surface area contributed by atoms with E-state index in [1.807, 2.05) is 6.07 Å². The van der Waals surface area contributed by atoms with Crippen LogP contribution in [-0.2, 0) is 10.8 Å². The van der Waals surface area contributed by atoms with E-state index in [2.05, 4.69) is 63.9 Å². The molecule has 0 spiro atoms. The van der Waals surface area contributed by atoms with Gasteiger partial charge in [-0.2, -0.15) is 0 Å². The number of halogens is 1. The molecule has 124 valence electrons. The number of aromatic hydroxyl groups is 1. The average molecular weight is 335 g/mol. The molecular formula is C18H23ClN2O2. The number of rotatable bonds is 2. The summed E-state index contributed by atoms with van der Waals surface area (Å²) < 4.78 is 5.88. The summed E-state index contributed by atoms with van der Waals surface area (Å²) in [5.74, 6) is 0.578. The van der Waals surface area contributed by atoms with Gasteiger partial charge in [0.15, 0.2) is 10.9 Å². The van der Waals surface area contributed by atoms with Gasteiger partial charge in [-0.1, -0.05) is 65.3 Å². The standard InChI is InChI=1S/C18H23ClN2O2/c1-17(2,3)11-7-8-12(18(4,5)6)14(9-11)23-16-13(22)10-15(19)20-21-16/h7-10H,1-6H3,(H,20,22). The van der Waals surface area contributed by atoms with Gasteiger partial charge in [-0.05, 0) is 22.5 Å². The summed E-state index contributed by atoms with van der Waals surface area (Å²) in [7, 11) is 0. The lowest BCUT2D eigenvalue weighted by molar-refractivity contribution is 0.382. The molecule has 2 rings (SSSR count). The third-order valence-corrected chi connectivity index (χ3v) is 3.76. The van der Waals surface area contributed by atoms with Crippen LogP contribution < -0.4 is 4.74 Å². The summed E-state index contributed by atoms with van der Waals surface area (Å²) in [5, 5.41) is 17.6. The third-order valence-electron chi connectivity index (χ3n) is 3.57. The second-order valence-corrected chi connectivity index (χ2v) is 8.06. The van der Waals surface area contributed by atoms with E-state index < -0.39 is 0 Å².